The van der Waals surface area contributed by atoms with Gasteiger partial charge in [0.25, 0.3) is 0 Å². The third-order valence-corrected chi connectivity index (χ3v) is 3.12. The second-order valence-electron chi connectivity index (χ2n) is 4.41. The van der Waals surface area contributed by atoms with Gasteiger partial charge < -0.3 is 5.32 Å². The van der Waals surface area contributed by atoms with E-state index in [4.69, 9.17) is 0 Å². The van der Waals surface area contributed by atoms with Crippen molar-refractivity contribution in [3.05, 3.63) is 47.0 Å². The van der Waals surface area contributed by atoms with Crippen molar-refractivity contribution in [3.63, 3.8) is 0 Å². The highest BCUT2D eigenvalue weighted by atomic mass is 15.0. The van der Waals surface area contributed by atoms with Crippen molar-refractivity contribution >= 4 is 5.82 Å². The fourth-order valence-electron chi connectivity index (χ4n) is 1.96. The van der Waals surface area contributed by atoms with Crippen molar-refractivity contribution in [3.8, 4) is 11.3 Å². The fourth-order valence-corrected chi connectivity index (χ4v) is 1.96. The Morgan fingerprint density at radius 1 is 0.941 bits per heavy atom. The standard InChI is InChI=1S/C15H18N2/c1-10-8-12(3)13(9-11(10)2)14-6-5-7-15(16-4)17-14/h5-9H,1-4H3,(H,16,17). The van der Waals surface area contributed by atoms with Gasteiger partial charge in [-0.2, -0.15) is 0 Å². The first kappa shape index (κ1) is 11.6. The highest BCUT2D eigenvalue weighted by Gasteiger charge is 2.06. The SMILES string of the molecule is CNc1cccc(-c2cc(C)c(C)cc2C)n1. The Bertz CT molecular complexity index is 545. The summed E-state index contributed by atoms with van der Waals surface area (Å²) in [4.78, 5) is 4.58. The maximum Gasteiger partial charge on any atom is 0.126 e. The van der Waals surface area contributed by atoms with Crippen LogP contribution in [0.15, 0.2) is 30.3 Å². The van der Waals surface area contributed by atoms with E-state index in [2.05, 4.69) is 49.3 Å². The first-order valence-corrected chi connectivity index (χ1v) is 5.85. The van der Waals surface area contributed by atoms with Crippen molar-refractivity contribution in [2.75, 3.05) is 12.4 Å². The lowest BCUT2D eigenvalue weighted by Gasteiger charge is -2.10. The average Bonchev–Trinajstić information content (AvgIpc) is 2.34. The van der Waals surface area contributed by atoms with Crippen molar-refractivity contribution in [1.29, 1.82) is 0 Å². The summed E-state index contributed by atoms with van der Waals surface area (Å²) in [5, 5.41) is 3.07. The monoisotopic (exact) mass is 226 g/mol. The van der Waals surface area contributed by atoms with Crippen molar-refractivity contribution in [2.24, 2.45) is 0 Å². The third kappa shape index (κ3) is 2.31. The quantitative estimate of drug-likeness (QED) is 0.844. The summed E-state index contributed by atoms with van der Waals surface area (Å²) in [6.45, 7) is 6.42. The van der Waals surface area contributed by atoms with Crippen LogP contribution in [0.3, 0.4) is 0 Å². The molecule has 0 saturated carbocycles. The Balaban J connectivity index is 2.56. The van der Waals surface area contributed by atoms with Gasteiger partial charge in [0, 0.05) is 12.6 Å². The fraction of sp³-hybridized carbons (Fsp3) is 0.267. The maximum absolute atomic E-state index is 4.58. The Kier molecular flexibility index (Phi) is 3.14. The van der Waals surface area contributed by atoms with Gasteiger partial charge in [-0.1, -0.05) is 12.1 Å². The van der Waals surface area contributed by atoms with Crippen LogP contribution in [0.4, 0.5) is 5.82 Å². The molecule has 0 unspecified atom stereocenters. The van der Waals surface area contributed by atoms with Gasteiger partial charge >= 0.3 is 0 Å². The molecule has 1 aromatic heterocycles. The van der Waals surface area contributed by atoms with Crippen LogP contribution < -0.4 is 5.32 Å². The number of hydrogen-bond acceptors (Lipinski definition) is 2. The zero-order chi connectivity index (χ0) is 12.4. The van der Waals surface area contributed by atoms with Crippen molar-refractivity contribution in [1.82, 2.24) is 4.98 Å². The second-order valence-corrected chi connectivity index (χ2v) is 4.41. The summed E-state index contributed by atoms with van der Waals surface area (Å²) in [7, 11) is 1.89. The molecule has 17 heavy (non-hydrogen) atoms. The number of benzene rings is 1. The molecular formula is C15H18N2. The van der Waals surface area contributed by atoms with E-state index in [1.54, 1.807) is 0 Å². The first-order valence-electron chi connectivity index (χ1n) is 5.85. The zero-order valence-corrected chi connectivity index (χ0v) is 10.8. The number of rotatable bonds is 2. The summed E-state index contributed by atoms with van der Waals surface area (Å²) < 4.78 is 0. The predicted molar refractivity (Wildman–Crippen MR) is 73.4 cm³/mol. The molecule has 88 valence electrons. The molecule has 0 saturated heterocycles. The lowest BCUT2D eigenvalue weighted by atomic mass is 9.98. The molecule has 0 spiro atoms. The predicted octanol–water partition coefficient (Wildman–Crippen LogP) is 3.72. The van der Waals surface area contributed by atoms with Crippen LogP contribution in [-0.4, -0.2) is 12.0 Å². The van der Waals surface area contributed by atoms with Crippen LogP contribution in [0.1, 0.15) is 16.7 Å². The normalized spacial score (nSPS) is 10.4. The van der Waals surface area contributed by atoms with Gasteiger partial charge in [-0.05, 0) is 55.7 Å². The Morgan fingerprint density at radius 3 is 2.35 bits per heavy atom. The molecule has 0 bridgehead atoms. The van der Waals surface area contributed by atoms with E-state index >= 15 is 0 Å². The summed E-state index contributed by atoms with van der Waals surface area (Å²) >= 11 is 0. The van der Waals surface area contributed by atoms with Gasteiger partial charge in [-0.25, -0.2) is 4.98 Å². The van der Waals surface area contributed by atoms with Crippen molar-refractivity contribution in [2.45, 2.75) is 20.8 Å². The van der Waals surface area contributed by atoms with Crippen molar-refractivity contribution < 1.29 is 0 Å². The number of anilines is 1. The van der Waals surface area contributed by atoms with Crippen LogP contribution >= 0.6 is 0 Å². The Morgan fingerprint density at radius 2 is 1.65 bits per heavy atom. The van der Waals surface area contributed by atoms with E-state index in [1.807, 2.05) is 19.2 Å². The van der Waals surface area contributed by atoms with Gasteiger partial charge in [0.2, 0.25) is 0 Å². The minimum atomic E-state index is 0.903. The molecule has 2 aromatic rings. The van der Waals surface area contributed by atoms with Gasteiger partial charge in [-0.3, -0.25) is 0 Å². The maximum atomic E-state index is 4.58. The topological polar surface area (TPSA) is 24.9 Å². The lowest BCUT2D eigenvalue weighted by molar-refractivity contribution is 1.25. The number of nitrogens with one attached hydrogen (secondary N) is 1. The van der Waals surface area contributed by atoms with Gasteiger partial charge in [0.05, 0.1) is 5.69 Å². The first-order chi connectivity index (χ1) is 8.11. The van der Waals surface area contributed by atoms with Crippen LogP contribution in [0.25, 0.3) is 11.3 Å². The molecule has 1 heterocycles. The number of nitrogens with zero attached hydrogens (tertiary/aromatic N) is 1. The zero-order valence-electron chi connectivity index (χ0n) is 10.8. The molecule has 0 atom stereocenters. The molecule has 0 fully saturated rings. The van der Waals surface area contributed by atoms with E-state index < -0.39 is 0 Å². The number of aromatic nitrogens is 1. The van der Waals surface area contributed by atoms with E-state index in [9.17, 15) is 0 Å². The molecule has 0 aliphatic rings. The highest BCUT2D eigenvalue weighted by Crippen LogP contribution is 2.25. The molecule has 0 radical (unpaired) electrons. The van der Waals surface area contributed by atoms with Gasteiger partial charge in [-0.15, -0.1) is 0 Å². The van der Waals surface area contributed by atoms with E-state index in [1.165, 1.54) is 22.3 Å². The number of aryl methyl sites for hydroxylation is 3. The van der Waals surface area contributed by atoms with E-state index in [0.29, 0.717) is 0 Å². The van der Waals surface area contributed by atoms with Gasteiger partial charge in [0.15, 0.2) is 0 Å². The largest absolute Gasteiger partial charge is 0.373 e. The highest BCUT2D eigenvalue weighted by molar-refractivity contribution is 5.66. The summed E-state index contributed by atoms with van der Waals surface area (Å²) in [6, 6.07) is 10.5. The van der Waals surface area contributed by atoms with E-state index in [-0.39, 0.29) is 0 Å². The molecule has 0 aliphatic heterocycles. The van der Waals surface area contributed by atoms with Gasteiger partial charge in [0.1, 0.15) is 5.82 Å². The molecule has 0 amide bonds. The Hall–Kier alpha value is -1.83. The summed E-state index contributed by atoms with van der Waals surface area (Å²) in [5.41, 5.74) is 6.15. The summed E-state index contributed by atoms with van der Waals surface area (Å²) in [6.07, 6.45) is 0. The molecule has 2 heteroatoms. The molecule has 1 N–H and O–H groups in total. The lowest BCUT2D eigenvalue weighted by Crippen LogP contribution is -1.95. The third-order valence-electron chi connectivity index (χ3n) is 3.12. The van der Waals surface area contributed by atoms with Crippen LogP contribution in [0.2, 0.25) is 0 Å². The smallest absolute Gasteiger partial charge is 0.126 e. The molecular weight excluding hydrogens is 208 g/mol. The second kappa shape index (κ2) is 4.58. The van der Waals surface area contributed by atoms with Crippen LogP contribution in [0.5, 0.6) is 0 Å². The molecule has 2 nitrogen and oxygen atoms in total. The summed E-state index contributed by atoms with van der Waals surface area (Å²) in [5.74, 6) is 0.903. The van der Waals surface area contributed by atoms with E-state index in [0.717, 1.165) is 11.5 Å². The average molecular weight is 226 g/mol. The molecule has 0 aliphatic carbocycles. The minimum Gasteiger partial charge on any atom is -0.373 e. The number of pyridine rings is 1. The molecule has 2 rings (SSSR count). The number of hydrogen-bond donors (Lipinski definition) is 1. The molecule has 1 aromatic carbocycles. The van der Waals surface area contributed by atoms with Crippen LogP contribution in [0, 0.1) is 20.8 Å². The van der Waals surface area contributed by atoms with Crippen LogP contribution in [-0.2, 0) is 0 Å². The Labute approximate surface area is 103 Å². The minimum absolute atomic E-state index is 0.903.